The van der Waals surface area contributed by atoms with E-state index in [1.165, 1.54) is 0 Å². The van der Waals surface area contributed by atoms with Gasteiger partial charge in [0.1, 0.15) is 5.75 Å². The molecule has 3 aromatic rings. The number of aromatic hydroxyl groups is 1. The lowest BCUT2D eigenvalue weighted by Gasteiger charge is -2.10. The quantitative estimate of drug-likeness (QED) is 0.269. The summed E-state index contributed by atoms with van der Waals surface area (Å²) >= 11 is 4.84. The van der Waals surface area contributed by atoms with Crippen LogP contribution >= 0.6 is 12.2 Å². The molecule has 0 fully saturated rings. The average molecular weight is 389 g/mol. The molecular formula is C22H19N3O2S. The third-order valence-corrected chi connectivity index (χ3v) is 4.22. The van der Waals surface area contributed by atoms with Gasteiger partial charge in [-0.05, 0) is 49.5 Å². The summed E-state index contributed by atoms with van der Waals surface area (Å²) in [6, 6.07) is 21.2. The van der Waals surface area contributed by atoms with E-state index < -0.39 is 0 Å². The highest BCUT2D eigenvalue weighted by Gasteiger charge is 2.13. The third kappa shape index (κ3) is 4.61. The Balaban J connectivity index is 2.01. The van der Waals surface area contributed by atoms with Crippen molar-refractivity contribution in [2.24, 2.45) is 10.8 Å². The van der Waals surface area contributed by atoms with Crippen LogP contribution < -0.4 is 11.2 Å². The van der Waals surface area contributed by atoms with Crippen LogP contribution in [0.1, 0.15) is 32.6 Å². The second-order valence-corrected chi connectivity index (χ2v) is 6.70. The van der Waals surface area contributed by atoms with Gasteiger partial charge in [0.25, 0.3) is 0 Å². The van der Waals surface area contributed by atoms with Crippen molar-refractivity contribution in [3.8, 4) is 5.75 Å². The van der Waals surface area contributed by atoms with Crippen molar-refractivity contribution in [3.63, 3.8) is 0 Å². The molecule has 4 N–H and O–H groups in total. The molecule has 3 rings (SSSR count). The minimum absolute atomic E-state index is 0.0307. The number of nitrogens with two attached hydrogens (primary N) is 1. The normalized spacial score (nSPS) is 11.1. The molecule has 0 saturated carbocycles. The lowest BCUT2D eigenvalue weighted by Crippen LogP contribution is -2.26. The Morgan fingerprint density at radius 1 is 0.929 bits per heavy atom. The standard InChI is InChI=1S/C22H19N3O2S/c1-14-5-7-16(8-6-14)21(27)18-4-2-3-17(13-18)20(24-25-22(23)28)15-9-11-19(26)12-10-15/h2-13,26H,1H3,(H3,23,25,28). The van der Waals surface area contributed by atoms with Crippen LogP contribution in [0.15, 0.2) is 77.9 Å². The molecule has 0 unspecified atom stereocenters. The molecule has 0 saturated heterocycles. The largest absolute Gasteiger partial charge is 0.508 e. The van der Waals surface area contributed by atoms with E-state index in [-0.39, 0.29) is 16.6 Å². The van der Waals surface area contributed by atoms with Gasteiger partial charge in [-0.3, -0.25) is 10.2 Å². The minimum atomic E-state index is -0.0748. The van der Waals surface area contributed by atoms with Crippen molar-refractivity contribution < 1.29 is 9.90 Å². The summed E-state index contributed by atoms with van der Waals surface area (Å²) in [4.78, 5) is 12.9. The fraction of sp³-hybridized carbons (Fsp3) is 0.0455. The summed E-state index contributed by atoms with van der Waals surface area (Å²) in [5.41, 5.74) is 12.4. The molecule has 0 spiro atoms. The Hall–Kier alpha value is -3.51. The Kier molecular flexibility index (Phi) is 5.81. The number of aryl methyl sites for hydroxylation is 1. The number of nitrogens with zero attached hydrogens (tertiary/aromatic N) is 1. The maximum absolute atomic E-state index is 12.9. The SMILES string of the molecule is Cc1ccc(C(=O)c2cccc(C(=NNC(N)=S)c3ccc(O)cc3)c2)cc1. The predicted octanol–water partition coefficient (Wildman–Crippen LogP) is 3.52. The number of hydrazone groups is 1. The van der Waals surface area contributed by atoms with Crippen molar-refractivity contribution in [2.75, 3.05) is 0 Å². The molecule has 140 valence electrons. The molecular weight excluding hydrogens is 370 g/mol. The van der Waals surface area contributed by atoms with E-state index in [1.54, 1.807) is 42.5 Å². The van der Waals surface area contributed by atoms with Crippen LogP contribution in [0.25, 0.3) is 0 Å². The first-order chi connectivity index (χ1) is 13.4. The number of benzene rings is 3. The van der Waals surface area contributed by atoms with E-state index in [9.17, 15) is 9.90 Å². The minimum Gasteiger partial charge on any atom is -0.508 e. The topological polar surface area (TPSA) is 87.7 Å². The maximum atomic E-state index is 12.9. The summed E-state index contributed by atoms with van der Waals surface area (Å²) in [6.07, 6.45) is 0. The average Bonchev–Trinajstić information content (AvgIpc) is 2.69. The van der Waals surface area contributed by atoms with E-state index in [0.29, 0.717) is 22.4 Å². The predicted molar refractivity (Wildman–Crippen MR) is 115 cm³/mol. The number of hydrogen-bond acceptors (Lipinski definition) is 4. The first-order valence-corrected chi connectivity index (χ1v) is 8.99. The molecule has 0 aromatic heterocycles. The highest BCUT2D eigenvalue weighted by Crippen LogP contribution is 2.18. The maximum Gasteiger partial charge on any atom is 0.193 e. The number of thiocarbonyl (C=S) groups is 1. The van der Waals surface area contributed by atoms with E-state index >= 15 is 0 Å². The molecule has 0 bridgehead atoms. The van der Waals surface area contributed by atoms with Gasteiger partial charge in [-0.15, -0.1) is 0 Å². The number of carbonyl (C=O) groups excluding carboxylic acids is 1. The first kappa shape index (κ1) is 19.3. The van der Waals surface area contributed by atoms with Crippen molar-refractivity contribution >= 4 is 28.8 Å². The van der Waals surface area contributed by atoms with Gasteiger partial charge < -0.3 is 10.8 Å². The Bertz CT molecular complexity index is 1040. The summed E-state index contributed by atoms with van der Waals surface area (Å²) in [5, 5.41) is 13.9. The van der Waals surface area contributed by atoms with Gasteiger partial charge >= 0.3 is 0 Å². The molecule has 28 heavy (non-hydrogen) atoms. The lowest BCUT2D eigenvalue weighted by molar-refractivity contribution is 0.103. The van der Waals surface area contributed by atoms with Crippen LogP contribution in [0.5, 0.6) is 5.75 Å². The summed E-state index contributed by atoms with van der Waals surface area (Å²) in [7, 11) is 0. The van der Waals surface area contributed by atoms with Crippen molar-refractivity contribution in [1.82, 2.24) is 5.43 Å². The number of nitrogens with one attached hydrogen (secondary N) is 1. The number of phenols is 1. The monoisotopic (exact) mass is 389 g/mol. The first-order valence-electron chi connectivity index (χ1n) is 8.58. The van der Waals surface area contributed by atoms with Crippen LogP contribution in [0, 0.1) is 6.92 Å². The van der Waals surface area contributed by atoms with Crippen molar-refractivity contribution in [2.45, 2.75) is 6.92 Å². The van der Waals surface area contributed by atoms with E-state index in [0.717, 1.165) is 11.1 Å². The van der Waals surface area contributed by atoms with Crippen LogP contribution in [0.4, 0.5) is 0 Å². The van der Waals surface area contributed by atoms with Gasteiger partial charge in [0.05, 0.1) is 5.71 Å². The third-order valence-electron chi connectivity index (χ3n) is 4.13. The van der Waals surface area contributed by atoms with Crippen LogP contribution in [0.2, 0.25) is 0 Å². The summed E-state index contributed by atoms with van der Waals surface area (Å²) in [6.45, 7) is 1.98. The van der Waals surface area contributed by atoms with E-state index in [1.807, 2.05) is 37.3 Å². The van der Waals surface area contributed by atoms with Gasteiger partial charge in [-0.25, -0.2) is 0 Å². The number of ketones is 1. The number of carbonyl (C=O) groups is 1. The van der Waals surface area contributed by atoms with Crippen LogP contribution in [-0.4, -0.2) is 21.7 Å². The second-order valence-electron chi connectivity index (χ2n) is 6.26. The Morgan fingerprint density at radius 3 is 2.18 bits per heavy atom. The second kappa shape index (κ2) is 8.45. The molecule has 3 aromatic carbocycles. The molecule has 0 aliphatic rings. The molecule has 0 amide bonds. The Morgan fingerprint density at radius 2 is 1.54 bits per heavy atom. The Labute approximate surface area is 168 Å². The highest BCUT2D eigenvalue weighted by atomic mass is 32.1. The summed E-state index contributed by atoms with van der Waals surface area (Å²) in [5.74, 6) is 0.0721. The lowest BCUT2D eigenvalue weighted by atomic mass is 9.96. The zero-order valence-corrected chi connectivity index (χ0v) is 16.0. The number of rotatable bonds is 5. The number of hydrogen-bond donors (Lipinski definition) is 3. The van der Waals surface area contributed by atoms with Gasteiger partial charge in [0.2, 0.25) is 0 Å². The molecule has 0 heterocycles. The van der Waals surface area contributed by atoms with Gasteiger partial charge in [0, 0.05) is 22.3 Å². The number of phenolic OH excluding ortho intramolecular Hbond substituents is 1. The zero-order chi connectivity index (χ0) is 20.1. The zero-order valence-electron chi connectivity index (χ0n) is 15.2. The molecule has 5 nitrogen and oxygen atoms in total. The van der Waals surface area contributed by atoms with Crippen molar-refractivity contribution in [3.05, 3.63) is 101 Å². The summed E-state index contributed by atoms with van der Waals surface area (Å²) < 4.78 is 0. The molecule has 0 atom stereocenters. The van der Waals surface area contributed by atoms with Gasteiger partial charge in [-0.1, -0.05) is 48.0 Å². The highest BCUT2D eigenvalue weighted by molar-refractivity contribution is 7.80. The van der Waals surface area contributed by atoms with E-state index in [2.05, 4.69) is 10.5 Å². The fourth-order valence-electron chi connectivity index (χ4n) is 2.71. The molecule has 0 aliphatic heterocycles. The molecule has 0 aliphatic carbocycles. The molecule has 6 heteroatoms. The smallest absolute Gasteiger partial charge is 0.193 e. The van der Waals surface area contributed by atoms with Crippen molar-refractivity contribution in [1.29, 1.82) is 0 Å². The van der Waals surface area contributed by atoms with E-state index in [4.69, 9.17) is 18.0 Å². The van der Waals surface area contributed by atoms with Crippen LogP contribution in [-0.2, 0) is 0 Å². The van der Waals surface area contributed by atoms with Gasteiger partial charge in [-0.2, -0.15) is 5.10 Å². The fourth-order valence-corrected chi connectivity index (χ4v) is 2.75. The molecule has 0 radical (unpaired) electrons. The van der Waals surface area contributed by atoms with Crippen LogP contribution in [0.3, 0.4) is 0 Å². The van der Waals surface area contributed by atoms with Gasteiger partial charge in [0.15, 0.2) is 10.9 Å².